The zero-order chi connectivity index (χ0) is 12.8. The van der Waals surface area contributed by atoms with Gasteiger partial charge in [0.2, 0.25) is 5.91 Å². The van der Waals surface area contributed by atoms with Crippen LogP contribution in [0, 0.1) is 5.41 Å². The fourth-order valence-corrected chi connectivity index (χ4v) is 1.43. The number of amides is 1. The van der Waals surface area contributed by atoms with Crippen LogP contribution in [0.4, 0.5) is 0 Å². The van der Waals surface area contributed by atoms with Crippen LogP contribution in [0.1, 0.15) is 27.2 Å². The second-order valence-electron chi connectivity index (χ2n) is 5.33. The Hall–Kier alpha value is -0.610. The number of rotatable bonds is 7. The second-order valence-corrected chi connectivity index (χ2v) is 5.33. The van der Waals surface area contributed by atoms with Crippen molar-refractivity contribution in [2.45, 2.75) is 27.2 Å². The van der Waals surface area contributed by atoms with Crippen molar-refractivity contribution in [3.63, 3.8) is 0 Å². The van der Waals surface area contributed by atoms with Crippen LogP contribution in [-0.4, -0.2) is 56.0 Å². The maximum absolute atomic E-state index is 11.9. The van der Waals surface area contributed by atoms with Gasteiger partial charge in [-0.05, 0) is 33.0 Å². The van der Waals surface area contributed by atoms with Crippen molar-refractivity contribution in [3.05, 3.63) is 0 Å². The van der Waals surface area contributed by atoms with Crippen LogP contribution in [-0.2, 0) is 4.79 Å². The molecule has 4 nitrogen and oxygen atoms in total. The van der Waals surface area contributed by atoms with Gasteiger partial charge in [-0.25, -0.2) is 0 Å². The van der Waals surface area contributed by atoms with Gasteiger partial charge in [-0.3, -0.25) is 4.79 Å². The Bertz CT molecular complexity index is 214. The van der Waals surface area contributed by atoms with Crippen molar-refractivity contribution < 1.29 is 4.79 Å². The molecule has 0 bridgehead atoms. The minimum atomic E-state index is 0.00376. The quantitative estimate of drug-likeness (QED) is 0.701. The highest BCUT2D eigenvalue weighted by Gasteiger charge is 2.22. The first kappa shape index (κ1) is 15.4. The first-order valence-corrected chi connectivity index (χ1v) is 5.95. The van der Waals surface area contributed by atoms with E-state index in [4.69, 9.17) is 5.73 Å². The Kier molecular flexibility index (Phi) is 6.60. The Morgan fingerprint density at radius 2 is 1.88 bits per heavy atom. The lowest BCUT2D eigenvalue weighted by molar-refractivity contribution is -0.132. The van der Waals surface area contributed by atoms with Crippen molar-refractivity contribution in [3.8, 4) is 0 Å². The highest BCUT2D eigenvalue weighted by atomic mass is 16.2. The van der Waals surface area contributed by atoms with Crippen molar-refractivity contribution in [2.75, 3.05) is 40.3 Å². The Balaban J connectivity index is 4.22. The molecular weight excluding hydrogens is 202 g/mol. The van der Waals surface area contributed by atoms with Gasteiger partial charge >= 0.3 is 0 Å². The predicted molar refractivity (Wildman–Crippen MR) is 68.3 cm³/mol. The van der Waals surface area contributed by atoms with E-state index < -0.39 is 0 Å². The summed E-state index contributed by atoms with van der Waals surface area (Å²) in [5, 5.41) is 0. The molecular formula is C12H27N3O. The van der Waals surface area contributed by atoms with E-state index in [9.17, 15) is 4.79 Å². The van der Waals surface area contributed by atoms with Crippen LogP contribution in [0.3, 0.4) is 0 Å². The number of carbonyl (C=O) groups excluding carboxylic acids is 1. The lowest BCUT2D eigenvalue weighted by atomic mass is 9.93. The predicted octanol–water partition coefficient (Wildman–Crippen LogP) is 0.772. The van der Waals surface area contributed by atoms with E-state index in [0.717, 1.165) is 19.6 Å². The zero-order valence-corrected chi connectivity index (χ0v) is 11.4. The Labute approximate surface area is 99.8 Å². The van der Waals surface area contributed by atoms with Crippen LogP contribution >= 0.6 is 0 Å². The summed E-state index contributed by atoms with van der Waals surface area (Å²) < 4.78 is 0. The van der Waals surface area contributed by atoms with Gasteiger partial charge in [-0.2, -0.15) is 0 Å². The molecule has 0 heterocycles. The highest BCUT2D eigenvalue weighted by Crippen LogP contribution is 2.15. The van der Waals surface area contributed by atoms with Gasteiger partial charge < -0.3 is 15.5 Å². The lowest BCUT2D eigenvalue weighted by Gasteiger charge is -2.31. The van der Waals surface area contributed by atoms with Gasteiger partial charge in [0, 0.05) is 26.1 Å². The summed E-state index contributed by atoms with van der Waals surface area (Å²) in [6.45, 7) is 9.11. The molecule has 4 heteroatoms. The molecule has 0 aromatic rings. The minimum Gasteiger partial charge on any atom is -0.342 e. The standard InChI is InChI=1S/C12H27N3O/c1-6-15(10-12(2,3)9-13)11(16)7-8-14(4)5/h6-10,13H2,1-5H3. The first-order valence-electron chi connectivity index (χ1n) is 5.95. The van der Waals surface area contributed by atoms with Gasteiger partial charge in [-0.1, -0.05) is 13.8 Å². The number of nitrogens with two attached hydrogens (primary N) is 1. The third-order valence-electron chi connectivity index (χ3n) is 2.68. The maximum atomic E-state index is 11.9. The highest BCUT2D eigenvalue weighted by molar-refractivity contribution is 5.76. The molecule has 0 radical (unpaired) electrons. The summed E-state index contributed by atoms with van der Waals surface area (Å²) in [6, 6.07) is 0. The second kappa shape index (κ2) is 6.86. The summed E-state index contributed by atoms with van der Waals surface area (Å²) in [5.74, 6) is 0.220. The molecule has 0 spiro atoms. The van der Waals surface area contributed by atoms with E-state index in [1.807, 2.05) is 30.8 Å². The molecule has 2 N–H and O–H groups in total. The van der Waals surface area contributed by atoms with Crippen molar-refractivity contribution >= 4 is 5.91 Å². The van der Waals surface area contributed by atoms with E-state index in [2.05, 4.69) is 13.8 Å². The molecule has 0 rings (SSSR count). The molecule has 0 fully saturated rings. The summed E-state index contributed by atoms with van der Waals surface area (Å²) in [7, 11) is 3.96. The summed E-state index contributed by atoms with van der Waals surface area (Å²) >= 11 is 0. The molecule has 0 saturated carbocycles. The molecule has 0 aliphatic heterocycles. The number of hydrogen-bond donors (Lipinski definition) is 1. The van der Waals surface area contributed by atoms with E-state index >= 15 is 0 Å². The number of nitrogens with zero attached hydrogens (tertiary/aromatic N) is 2. The van der Waals surface area contributed by atoms with Gasteiger partial charge in [-0.15, -0.1) is 0 Å². The van der Waals surface area contributed by atoms with Gasteiger partial charge in [0.25, 0.3) is 0 Å². The molecule has 0 aromatic heterocycles. The third kappa shape index (κ3) is 6.08. The summed E-state index contributed by atoms with van der Waals surface area (Å²) in [4.78, 5) is 15.9. The largest absolute Gasteiger partial charge is 0.342 e. The minimum absolute atomic E-state index is 0.00376. The Morgan fingerprint density at radius 3 is 2.25 bits per heavy atom. The van der Waals surface area contributed by atoms with E-state index in [1.54, 1.807) is 0 Å². The molecule has 1 amide bonds. The lowest BCUT2D eigenvalue weighted by Crippen LogP contribution is -2.42. The fraction of sp³-hybridized carbons (Fsp3) is 0.917. The van der Waals surface area contributed by atoms with Crippen LogP contribution in [0.2, 0.25) is 0 Å². The smallest absolute Gasteiger partial charge is 0.223 e. The van der Waals surface area contributed by atoms with Crippen molar-refractivity contribution in [2.24, 2.45) is 11.1 Å². The molecule has 0 unspecified atom stereocenters. The SMILES string of the molecule is CCN(CC(C)(C)CN)C(=O)CCN(C)C. The Morgan fingerprint density at radius 1 is 1.31 bits per heavy atom. The van der Waals surface area contributed by atoms with Crippen LogP contribution < -0.4 is 5.73 Å². The average molecular weight is 229 g/mol. The number of hydrogen-bond acceptors (Lipinski definition) is 3. The van der Waals surface area contributed by atoms with E-state index in [1.165, 1.54) is 0 Å². The van der Waals surface area contributed by atoms with Gasteiger partial charge in [0.1, 0.15) is 0 Å². The summed E-state index contributed by atoms with van der Waals surface area (Å²) in [6.07, 6.45) is 0.585. The maximum Gasteiger partial charge on any atom is 0.223 e. The zero-order valence-electron chi connectivity index (χ0n) is 11.4. The van der Waals surface area contributed by atoms with Crippen LogP contribution in [0.15, 0.2) is 0 Å². The van der Waals surface area contributed by atoms with Crippen molar-refractivity contribution in [1.29, 1.82) is 0 Å². The third-order valence-corrected chi connectivity index (χ3v) is 2.68. The molecule has 96 valence electrons. The van der Waals surface area contributed by atoms with Crippen LogP contribution in [0.5, 0.6) is 0 Å². The molecule has 0 aromatic carbocycles. The molecule has 16 heavy (non-hydrogen) atoms. The first-order chi connectivity index (χ1) is 7.32. The average Bonchev–Trinajstić information content (AvgIpc) is 2.22. The van der Waals surface area contributed by atoms with E-state index in [-0.39, 0.29) is 11.3 Å². The van der Waals surface area contributed by atoms with Gasteiger partial charge in [0.15, 0.2) is 0 Å². The molecule has 0 saturated heterocycles. The topological polar surface area (TPSA) is 49.6 Å². The van der Waals surface area contributed by atoms with Gasteiger partial charge in [0.05, 0.1) is 0 Å². The summed E-state index contributed by atoms with van der Waals surface area (Å²) in [5.41, 5.74) is 5.69. The van der Waals surface area contributed by atoms with E-state index in [0.29, 0.717) is 13.0 Å². The molecule has 0 atom stereocenters. The molecule has 0 aliphatic rings. The normalized spacial score (nSPS) is 11.9. The monoisotopic (exact) mass is 229 g/mol. The van der Waals surface area contributed by atoms with Crippen molar-refractivity contribution in [1.82, 2.24) is 9.80 Å². The van der Waals surface area contributed by atoms with Crippen LogP contribution in [0.25, 0.3) is 0 Å². The fourth-order valence-electron chi connectivity index (χ4n) is 1.43. The number of carbonyl (C=O) groups is 1. The molecule has 0 aliphatic carbocycles.